The first kappa shape index (κ1) is 44.6. The van der Waals surface area contributed by atoms with Gasteiger partial charge in [0, 0.05) is 12.8 Å². The summed E-state index contributed by atoms with van der Waals surface area (Å²) in [6.07, 6.45) is 42.8. The van der Waals surface area contributed by atoms with Crippen LogP contribution in [0.1, 0.15) is 219 Å². The van der Waals surface area contributed by atoms with Gasteiger partial charge in [0.15, 0.2) is 6.10 Å². The number of rotatable bonds is 37. The van der Waals surface area contributed by atoms with Gasteiger partial charge >= 0.3 is 11.9 Å². The molecule has 0 aliphatic heterocycles. The van der Waals surface area contributed by atoms with Crippen LogP contribution >= 0.6 is 0 Å². The maximum Gasteiger partial charge on any atom is 0.306 e. The molecule has 272 valence electrons. The summed E-state index contributed by atoms with van der Waals surface area (Å²) >= 11 is 0. The summed E-state index contributed by atoms with van der Waals surface area (Å²) in [6, 6.07) is 0. The topological polar surface area (TPSA) is 72.8 Å². The molecule has 0 radical (unpaired) electrons. The van der Waals surface area contributed by atoms with Crippen LogP contribution in [-0.4, -0.2) is 36.4 Å². The molecule has 0 aromatic heterocycles. The highest BCUT2D eigenvalue weighted by atomic mass is 16.6. The van der Waals surface area contributed by atoms with E-state index in [0.29, 0.717) is 12.8 Å². The molecule has 0 aliphatic carbocycles. The second-order valence-corrected chi connectivity index (χ2v) is 13.7. The van der Waals surface area contributed by atoms with E-state index in [1.54, 1.807) is 0 Å². The molecule has 46 heavy (non-hydrogen) atoms. The summed E-state index contributed by atoms with van der Waals surface area (Å²) in [5, 5.41) is 9.53. The van der Waals surface area contributed by atoms with Crippen molar-refractivity contribution in [2.45, 2.75) is 225 Å². The van der Waals surface area contributed by atoms with Gasteiger partial charge in [-0.15, -0.1) is 0 Å². The van der Waals surface area contributed by atoms with Crippen molar-refractivity contribution >= 4 is 11.9 Å². The SMILES string of the molecule is CCCCC=CCCCCCCCC(=O)OC(CO)COC(=O)CCCCCCCCCCCCCCCCCCCCCCC. The Morgan fingerprint density at radius 2 is 0.826 bits per heavy atom. The van der Waals surface area contributed by atoms with Crippen LogP contribution in [0.2, 0.25) is 0 Å². The zero-order valence-electron chi connectivity index (χ0n) is 30.9. The number of esters is 2. The predicted octanol–water partition coefficient (Wildman–Crippen LogP) is 12.5. The van der Waals surface area contributed by atoms with Crippen molar-refractivity contribution in [3.63, 3.8) is 0 Å². The van der Waals surface area contributed by atoms with E-state index < -0.39 is 6.10 Å². The second-order valence-electron chi connectivity index (χ2n) is 13.7. The van der Waals surface area contributed by atoms with Gasteiger partial charge in [0.25, 0.3) is 0 Å². The third-order valence-corrected chi connectivity index (χ3v) is 9.06. The largest absolute Gasteiger partial charge is 0.462 e. The summed E-state index contributed by atoms with van der Waals surface area (Å²) in [5.41, 5.74) is 0. The van der Waals surface area contributed by atoms with Crippen LogP contribution in [0.15, 0.2) is 12.2 Å². The lowest BCUT2D eigenvalue weighted by Gasteiger charge is -2.15. The highest BCUT2D eigenvalue weighted by molar-refractivity contribution is 5.70. The molecule has 0 amide bonds. The van der Waals surface area contributed by atoms with Gasteiger partial charge in [-0.05, 0) is 32.1 Å². The first-order valence-corrected chi connectivity index (χ1v) is 20.2. The number of hydrogen-bond donors (Lipinski definition) is 1. The van der Waals surface area contributed by atoms with E-state index in [4.69, 9.17) is 9.47 Å². The minimum absolute atomic E-state index is 0.0634. The van der Waals surface area contributed by atoms with Gasteiger partial charge in [-0.2, -0.15) is 0 Å². The van der Waals surface area contributed by atoms with Crippen LogP contribution in [0, 0.1) is 0 Å². The molecular weight excluding hydrogens is 572 g/mol. The molecule has 0 aliphatic rings. The van der Waals surface area contributed by atoms with Gasteiger partial charge in [0.05, 0.1) is 6.61 Å². The third-order valence-electron chi connectivity index (χ3n) is 9.06. The summed E-state index contributed by atoms with van der Waals surface area (Å²) in [7, 11) is 0. The number of allylic oxidation sites excluding steroid dienone is 2. The molecule has 0 fully saturated rings. The highest BCUT2D eigenvalue weighted by Crippen LogP contribution is 2.16. The summed E-state index contributed by atoms with van der Waals surface area (Å²) < 4.78 is 10.6. The van der Waals surface area contributed by atoms with Crippen LogP contribution in [-0.2, 0) is 19.1 Å². The quantitative estimate of drug-likeness (QED) is 0.0411. The number of aliphatic hydroxyl groups excluding tert-OH is 1. The van der Waals surface area contributed by atoms with E-state index >= 15 is 0 Å². The molecule has 0 saturated carbocycles. The summed E-state index contributed by atoms with van der Waals surface area (Å²) in [5.74, 6) is -0.592. The lowest BCUT2D eigenvalue weighted by Crippen LogP contribution is -2.28. The standard InChI is InChI=1S/C41H78O5/c1-3-5-7-9-11-13-15-16-17-18-19-20-21-22-23-24-26-27-29-31-33-35-40(43)45-38-39(37-42)46-41(44)36-34-32-30-28-25-14-12-10-8-6-4-2/h10,12,39,42H,3-9,11,13-38H2,1-2H3. The van der Waals surface area contributed by atoms with E-state index in [2.05, 4.69) is 26.0 Å². The number of carbonyl (C=O) groups is 2. The Morgan fingerprint density at radius 3 is 1.24 bits per heavy atom. The molecular formula is C41H78O5. The van der Waals surface area contributed by atoms with Gasteiger partial charge in [-0.3, -0.25) is 9.59 Å². The maximum atomic E-state index is 12.1. The molecule has 1 N–H and O–H groups in total. The minimum Gasteiger partial charge on any atom is -0.462 e. The third kappa shape index (κ3) is 35.5. The number of carbonyl (C=O) groups excluding carboxylic acids is 2. The number of ether oxygens (including phenoxy) is 2. The summed E-state index contributed by atoms with van der Waals surface area (Å²) in [6.45, 7) is 4.11. The Balaban J connectivity index is 3.46. The molecule has 0 heterocycles. The second kappa shape index (κ2) is 38.1. The van der Waals surface area contributed by atoms with Crippen LogP contribution in [0.3, 0.4) is 0 Å². The van der Waals surface area contributed by atoms with Gasteiger partial charge < -0.3 is 14.6 Å². The van der Waals surface area contributed by atoms with E-state index in [1.807, 2.05) is 0 Å². The van der Waals surface area contributed by atoms with Gasteiger partial charge in [0.1, 0.15) is 6.61 Å². The monoisotopic (exact) mass is 651 g/mol. The molecule has 0 rings (SSSR count). The Bertz CT molecular complexity index is 661. The van der Waals surface area contributed by atoms with E-state index in [-0.39, 0.29) is 25.2 Å². The molecule has 0 aromatic carbocycles. The summed E-state index contributed by atoms with van der Waals surface area (Å²) in [4.78, 5) is 24.2. The lowest BCUT2D eigenvalue weighted by atomic mass is 10.0. The van der Waals surface area contributed by atoms with E-state index in [1.165, 1.54) is 154 Å². The highest BCUT2D eigenvalue weighted by Gasteiger charge is 2.16. The zero-order valence-corrected chi connectivity index (χ0v) is 30.9. The molecule has 5 heteroatoms. The van der Waals surface area contributed by atoms with Crippen molar-refractivity contribution in [2.24, 2.45) is 0 Å². The van der Waals surface area contributed by atoms with E-state index in [0.717, 1.165) is 38.5 Å². The van der Waals surface area contributed by atoms with Crippen LogP contribution < -0.4 is 0 Å². The number of hydrogen-bond acceptors (Lipinski definition) is 5. The van der Waals surface area contributed by atoms with Crippen molar-refractivity contribution in [3.05, 3.63) is 12.2 Å². The first-order chi connectivity index (χ1) is 22.6. The Morgan fingerprint density at radius 1 is 0.478 bits per heavy atom. The molecule has 1 unspecified atom stereocenters. The average molecular weight is 651 g/mol. The lowest BCUT2D eigenvalue weighted by molar-refractivity contribution is -0.161. The van der Waals surface area contributed by atoms with E-state index in [9.17, 15) is 14.7 Å². The average Bonchev–Trinajstić information content (AvgIpc) is 3.06. The number of aliphatic hydroxyl groups is 1. The van der Waals surface area contributed by atoms with Crippen molar-refractivity contribution < 1.29 is 24.2 Å². The number of unbranched alkanes of at least 4 members (excludes halogenated alkanes) is 27. The molecule has 1 atom stereocenters. The Labute approximate surface area is 286 Å². The van der Waals surface area contributed by atoms with Gasteiger partial charge in [-0.1, -0.05) is 187 Å². The van der Waals surface area contributed by atoms with Crippen molar-refractivity contribution in [2.75, 3.05) is 13.2 Å². The Kier molecular flexibility index (Phi) is 37.0. The van der Waals surface area contributed by atoms with Crippen LogP contribution in [0.25, 0.3) is 0 Å². The normalized spacial score (nSPS) is 12.2. The molecule has 5 nitrogen and oxygen atoms in total. The van der Waals surface area contributed by atoms with Gasteiger partial charge in [0.2, 0.25) is 0 Å². The van der Waals surface area contributed by atoms with Gasteiger partial charge in [-0.25, -0.2) is 0 Å². The first-order valence-electron chi connectivity index (χ1n) is 20.2. The molecule has 0 saturated heterocycles. The molecule has 0 aromatic rings. The van der Waals surface area contributed by atoms with Crippen LogP contribution in [0.5, 0.6) is 0 Å². The zero-order chi connectivity index (χ0) is 33.6. The van der Waals surface area contributed by atoms with Crippen molar-refractivity contribution in [1.29, 1.82) is 0 Å². The Hall–Kier alpha value is -1.36. The van der Waals surface area contributed by atoms with Crippen molar-refractivity contribution in [1.82, 2.24) is 0 Å². The fourth-order valence-corrected chi connectivity index (χ4v) is 5.95. The molecule has 0 spiro atoms. The maximum absolute atomic E-state index is 12.1. The van der Waals surface area contributed by atoms with Crippen LogP contribution in [0.4, 0.5) is 0 Å². The fraction of sp³-hybridized carbons (Fsp3) is 0.902. The molecule has 0 bridgehead atoms. The fourth-order valence-electron chi connectivity index (χ4n) is 5.95. The smallest absolute Gasteiger partial charge is 0.306 e. The minimum atomic E-state index is -0.768. The predicted molar refractivity (Wildman–Crippen MR) is 196 cm³/mol. The van der Waals surface area contributed by atoms with Crippen molar-refractivity contribution in [3.8, 4) is 0 Å².